The van der Waals surface area contributed by atoms with Crippen LogP contribution in [-0.4, -0.2) is 32.9 Å². The van der Waals surface area contributed by atoms with Crippen molar-refractivity contribution in [2.45, 2.75) is 25.8 Å². The van der Waals surface area contributed by atoms with E-state index in [0.29, 0.717) is 6.42 Å². The first-order chi connectivity index (χ1) is 9.39. The quantitative estimate of drug-likeness (QED) is 0.829. The molecule has 0 radical (unpaired) electrons. The predicted molar refractivity (Wildman–Crippen MR) is 79.5 cm³/mol. The Labute approximate surface area is 119 Å². The van der Waals surface area contributed by atoms with Crippen LogP contribution in [-0.2, 0) is 21.1 Å². The Morgan fingerprint density at radius 1 is 1.40 bits per heavy atom. The van der Waals surface area contributed by atoms with E-state index >= 15 is 0 Å². The first-order valence-electron chi connectivity index (χ1n) is 6.73. The summed E-state index contributed by atoms with van der Waals surface area (Å²) in [6.45, 7) is 2.80. The zero-order chi connectivity index (χ0) is 14.8. The molecule has 1 aromatic rings. The molecule has 20 heavy (non-hydrogen) atoms. The molecule has 0 saturated heterocycles. The Bertz CT molecular complexity index is 611. The van der Waals surface area contributed by atoms with E-state index in [1.165, 1.54) is 6.26 Å². The van der Waals surface area contributed by atoms with Crippen LogP contribution in [0.25, 0.3) is 0 Å². The molecule has 1 aliphatic rings. The SMILES string of the molecule is CCCNC(CS(C)(=O)=O)c1ccc2c(c1)CC(=O)N2. The second-order valence-electron chi connectivity index (χ2n) is 5.24. The smallest absolute Gasteiger partial charge is 0.228 e. The topological polar surface area (TPSA) is 75.3 Å². The molecule has 1 heterocycles. The van der Waals surface area contributed by atoms with Crippen molar-refractivity contribution in [1.29, 1.82) is 0 Å². The van der Waals surface area contributed by atoms with Crippen LogP contribution in [0.1, 0.15) is 30.5 Å². The Morgan fingerprint density at radius 3 is 2.80 bits per heavy atom. The van der Waals surface area contributed by atoms with Crippen LogP contribution in [0.3, 0.4) is 0 Å². The molecule has 0 bridgehead atoms. The van der Waals surface area contributed by atoms with E-state index in [1.807, 2.05) is 25.1 Å². The summed E-state index contributed by atoms with van der Waals surface area (Å²) in [6, 6.07) is 5.42. The van der Waals surface area contributed by atoms with E-state index in [-0.39, 0.29) is 17.7 Å². The largest absolute Gasteiger partial charge is 0.326 e. The van der Waals surface area contributed by atoms with Crippen LogP contribution in [0.4, 0.5) is 5.69 Å². The number of benzene rings is 1. The fourth-order valence-corrected chi connectivity index (χ4v) is 3.28. The summed E-state index contributed by atoms with van der Waals surface area (Å²) in [6.07, 6.45) is 2.54. The zero-order valence-electron chi connectivity index (χ0n) is 11.8. The highest BCUT2D eigenvalue weighted by Gasteiger charge is 2.21. The molecule has 1 amide bonds. The van der Waals surface area contributed by atoms with Crippen molar-refractivity contribution in [2.24, 2.45) is 0 Å². The summed E-state index contributed by atoms with van der Waals surface area (Å²) in [7, 11) is -3.07. The third-order valence-electron chi connectivity index (χ3n) is 3.27. The lowest BCUT2D eigenvalue weighted by Crippen LogP contribution is -2.28. The molecule has 0 aliphatic carbocycles. The van der Waals surface area contributed by atoms with Crippen molar-refractivity contribution in [3.63, 3.8) is 0 Å². The molecule has 1 aliphatic heterocycles. The van der Waals surface area contributed by atoms with Crippen molar-refractivity contribution >= 4 is 21.4 Å². The minimum absolute atomic E-state index is 0.0154. The predicted octanol–water partition coefficient (Wildman–Crippen LogP) is 1.27. The van der Waals surface area contributed by atoms with E-state index in [2.05, 4.69) is 10.6 Å². The van der Waals surface area contributed by atoms with Gasteiger partial charge in [-0.3, -0.25) is 4.79 Å². The van der Waals surface area contributed by atoms with Gasteiger partial charge < -0.3 is 10.6 Å². The van der Waals surface area contributed by atoms with Crippen molar-refractivity contribution in [3.05, 3.63) is 29.3 Å². The van der Waals surface area contributed by atoms with Crippen LogP contribution in [0, 0.1) is 0 Å². The van der Waals surface area contributed by atoms with Gasteiger partial charge >= 0.3 is 0 Å². The van der Waals surface area contributed by atoms with E-state index in [9.17, 15) is 13.2 Å². The fraction of sp³-hybridized carbons (Fsp3) is 0.500. The van der Waals surface area contributed by atoms with E-state index in [0.717, 1.165) is 29.8 Å². The number of hydrogen-bond donors (Lipinski definition) is 2. The highest BCUT2D eigenvalue weighted by Crippen LogP contribution is 2.27. The van der Waals surface area contributed by atoms with Gasteiger partial charge in [-0.1, -0.05) is 19.1 Å². The van der Waals surface area contributed by atoms with Crippen LogP contribution < -0.4 is 10.6 Å². The van der Waals surface area contributed by atoms with Gasteiger partial charge in [-0.25, -0.2) is 8.42 Å². The maximum atomic E-state index is 11.6. The number of fused-ring (bicyclic) bond motifs is 1. The Balaban J connectivity index is 2.24. The van der Waals surface area contributed by atoms with Gasteiger partial charge in [0.15, 0.2) is 0 Å². The normalized spacial score (nSPS) is 15.8. The molecule has 0 aromatic heterocycles. The monoisotopic (exact) mass is 296 g/mol. The zero-order valence-corrected chi connectivity index (χ0v) is 12.6. The molecule has 1 aromatic carbocycles. The van der Waals surface area contributed by atoms with E-state index in [4.69, 9.17) is 0 Å². The number of sulfone groups is 1. The Hall–Kier alpha value is -1.40. The summed E-state index contributed by atoms with van der Waals surface area (Å²) < 4.78 is 23.1. The molecular formula is C14H20N2O3S. The van der Waals surface area contributed by atoms with Gasteiger partial charge in [0.1, 0.15) is 9.84 Å². The molecule has 110 valence electrons. The maximum Gasteiger partial charge on any atom is 0.228 e. The minimum Gasteiger partial charge on any atom is -0.326 e. The Kier molecular flexibility index (Phi) is 4.45. The van der Waals surface area contributed by atoms with Crippen molar-refractivity contribution in [1.82, 2.24) is 5.32 Å². The molecule has 0 fully saturated rings. The molecule has 2 rings (SSSR count). The molecular weight excluding hydrogens is 276 g/mol. The number of nitrogens with one attached hydrogen (secondary N) is 2. The Morgan fingerprint density at radius 2 is 2.15 bits per heavy atom. The van der Waals surface area contributed by atoms with Crippen LogP contribution in [0.5, 0.6) is 0 Å². The number of amides is 1. The van der Waals surface area contributed by atoms with Crippen molar-refractivity contribution in [2.75, 3.05) is 23.9 Å². The summed E-state index contributed by atoms with van der Waals surface area (Å²) in [4.78, 5) is 11.4. The molecule has 2 N–H and O–H groups in total. The molecule has 1 unspecified atom stereocenters. The lowest BCUT2D eigenvalue weighted by molar-refractivity contribution is -0.115. The molecule has 0 saturated carbocycles. The molecule has 6 heteroatoms. The maximum absolute atomic E-state index is 11.6. The third kappa shape index (κ3) is 3.80. The van der Waals surface area contributed by atoms with Gasteiger partial charge in [-0.05, 0) is 30.2 Å². The number of anilines is 1. The first kappa shape index (κ1) is 15.0. The third-order valence-corrected chi connectivity index (χ3v) is 4.21. The van der Waals surface area contributed by atoms with E-state index < -0.39 is 9.84 Å². The van der Waals surface area contributed by atoms with Gasteiger partial charge in [0, 0.05) is 18.0 Å². The van der Waals surface area contributed by atoms with Gasteiger partial charge in [-0.2, -0.15) is 0 Å². The minimum atomic E-state index is -3.07. The summed E-state index contributed by atoms with van der Waals surface area (Å²) in [5.74, 6) is 0.0472. The second kappa shape index (κ2) is 5.93. The van der Waals surface area contributed by atoms with Gasteiger partial charge in [-0.15, -0.1) is 0 Å². The summed E-state index contributed by atoms with van der Waals surface area (Å²) in [5.41, 5.74) is 2.68. The number of carbonyl (C=O) groups is 1. The van der Waals surface area contributed by atoms with Crippen molar-refractivity contribution < 1.29 is 13.2 Å². The van der Waals surface area contributed by atoms with Crippen molar-refractivity contribution in [3.8, 4) is 0 Å². The highest BCUT2D eigenvalue weighted by atomic mass is 32.2. The van der Waals surface area contributed by atoms with Crippen LogP contribution in [0.2, 0.25) is 0 Å². The first-order valence-corrected chi connectivity index (χ1v) is 8.79. The highest BCUT2D eigenvalue weighted by molar-refractivity contribution is 7.90. The molecule has 1 atom stereocenters. The molecule has 0 spiro atoms. The lowest BCUT2D eigenvalue weighted by Gasteiger charge is -2.18. The summed E-state index contributed by atoms with van der Waals surface area (Å²) in [5, 5.41) is 6.04. The average molecular weight is 296 g/mol. The standard InChI is InChI=1S/C14H20N2O3S/c1-3-6-15-13(9-20(2,18)19)10-4-5-12-11(7-10)8-14(17)16-12/h4-5,7,13,15H,3,6,8-9H2,1-2H3,(H,16,17). The number of hydrogen-bond acceptors (Lipinski definition) is 4. The number of rotatable bonds is 6. The van der Waals surface area contributed by atoms with Gasteiger partial charge in [0.2, 0.25) is 5.91 Å². The average Bonchev–Trinajstić information content (AvgIpc) is 2.72. The molecule has 5 nitrogen and oxygen atoms in total. The van der Waals surface area contributed by atoms with Gasteiger partial charge in [0.25, 0.3) is 0 Å². The summed E-state index contributed by atoms with van der Waals surface area (Å²) >= 11 is 0. The number of carbonyl (C=O) groups excluding carboxylic acids is 1. The lowest BCUT2D eigenvalue weighted by atomic mass is 10.0. The van der Waals surface area contributed by atoms with Crippen LogP contribution in [0.15, 0.2) is 18.2 Å². The van der Waals surface area contributed by atoms with Gasteiger partial charge in [0.05, 0.1) is 12.2 Å². The fourth-order valence-electron chi connectivity index (χ4n) is 2.36. The van der Waals surface area contributed by atoms with E-state index in [1.54, 1.807) is 0 Å². The second-order valence-corrected chi connectivity index (χ2v) is 7.43. The van der Waals surface area contributed by atoms with Crippen LogP contribution >= 0.6 is 0 Å².